The summed E-state index contributed by atoms with van der Waals surface area (Å²) in [6, 6.07) is 13.2. The number of hydrogen-bond acceptors (Lipinski definition) is 5. The molecule has 5 nitrogen and oxygen atoms in total. The predicted octanol–water partition coefficient (Wildman–Crippen LogP) is 6.08. The van der Waals surface area contributed by atoms with Crippen LogP contribution in [0.2, 0.25) is 39.3 Å². The van der Waals surface area contributed by atoms with E-state index in [1.54, 1.807) is 23.5 Å². The van der Waals surface area contributed by atoms with Gasteiger partial charge in [0.05, 0.1) is 29.2 Å². The molecule has 0 saturated carbocycles. The summed E-state index contributed by atoms with van der Waals surface area (Å²) in [5.74, 6) is -1.73. The van der Waals surface area contributed by atoms with Gasteiger partial charge in [-0.1, -0.05) is 24.3 Å². The van der Waals surface area contributed by atoms with Crippen molar-refractivity contribution in [3.05, 3.63) is 52.7 Å². The number of carbonyl (C=O) groups is 2. The van der Waals surface area contributed by atoms with Crippen LogP contribution in [0, 0.1) is 11.8 Å². The molecule has 2 heterocycles. The molecular formula is C24H35NO4SSi2. The smallest absolute Gasteiger partial charge is 0.240 e. The number of hydrogen-bond donors (Lipinski definition) is 0. The van der Waals surface area contributed by atoms with Crippen LogP contribution in [-0.4, -0.2) is 34.1 Å². The number of nitrogens with zero attached hydrogens (tertiary/aromatic N) is 1. The fourth-order valence-corrected chi connectivity index (χ4v) is 8.18. The van der Waals surface area contributed by atoms with Gasteiger partial charge in [-0.25, -0.2) is 4.90 Å². The Morgan fingerprint density at radius 1 is 0.906 bits per heavy atom. The Balaban J connectivity index is 2.16. The molecule has 1 aliphatic heterocycles. The maximum atomic E-state index is 14.0. The summed E-state index contributed by atoms with van der Waals surface area (Å²) in [6.07, 6.45) is -0.485. The van der Waals surface area contributed by atoms with Crippen LogP contribution in [0.4, 0.5) is 5.69 Å². The molecule has 1 aromatic carbocycles. The third kappa shape index (κ3) is 5.48. The number of benzene rings is 1. The Bertz CT molecular complexity index is 949. The van der Waals surface area contributed by atoms with E-state index < -0.39 is 40.2 Å². The van der Waals surface area contributed by atoms with Crippen LogP contribution in [0.5, 0.6) is 0 Å². The van der Waals surface area contributed by atoms with Crippen LogP contribution in [-0.2, 0) is 18.4 Å². The van der Waals surface area contributed by atoms with Crippen molar-refractivity contribution in [2.24, 2.45) is 11.8 Å². The van der Waals surface area contributed by atoms with Crippen LogP contribution in [0.1, 0.15) is 24.8 Å². The lowest BCUT2D eigenvalue weighted by Gasteiger charge is -2.40. The molecule has 0 bridgehead atoms. The van der Waals surface area contributed by atoms with Gasteiger partial charge in [-0.15, -0.1) is 11.3 Å². The van der Waals surface area contributed by atoms with Gasteiger partial charge in [0.25, 0.3) is 0 Å². The molecule has 3 unspecified atom stereocenters. The fourth-order valence-electron chi connectivity index (χ4n) is 4.55. The first-order chi connectivity index (χ1) is 14.7. The molecule has 174 valence electrons. The first-order valence-electron chi connectivity index (χ1n) is 11.1. The maximum absolute atomic E-state index is 14.0. The van der Waals surface area contributed by atoms with Gasteiger partial charge in [-0.05, 0) is 76.7 Å². The van der Waals surface area contributed by atoms with Crippen molar-refractivity contribution in [1.29, 1.82) is 0 Å². The molecule has 3 rings (SSSR count). The zero-order valence-corrected chi connectivity index (χ0v) is 23.2. The fraction of sp³-hybridized carbons (Fsp3) is 0.500. The minimum absolute atomic E-state index is 0.213. The summed E-state index contributed by atoms with van der Waals surface area (Å²) >= 11 is 1.57. The third-order valence-electron chi connectivity index (χ3n) is 5.31. The second-order valence-corrected chi connectivity index (χ2v) is 20.7. The van der Waals surface area contributed by atoms with Gasteiger partial charge in [0.2, 0.25) is 11.8 Å². The van der Waals surface area contributed by atoms with E-state index in [1.807, 2.05) is 49.6 Å². The molecule has 0 radical (unpaired) electrons. The Kier molecular flexibility index (Phi) is 7.03. The van der Waals surface area contributed by atoms with E-state index in [0.717, 1.165) is 4.88 Å². The van der Waals surface area contributed by atoms with E-state index in [9.17, 15) is 9.59 Å². The number of amides is 2. The molecule has 2 aromatic rings. The second-order valence-electron chi connectivity index (χ2n) is 10.8. The standard InChI is InChI=1S/C24H35NO4SSi2/c1-24(2,29-32(6,7)8)20-19(21(28-31(3,4)5)18-15-12-16-30-18)22(26)25(23(20)27)17-13-10-9-11-14-17/h9-16,19-21H,1-8H3. The van der Waals surface area contributed by atoms with Gasteiger partial charge in [-0.2, -0.15) is 0 Å². The molecule has 0 aliphatic carbocycles. The number of para-hydroxylation sites is 1. The van der Waals surface area contributed by atoms with Crippen molar-refractivity contribution in [2.45, 2.75) is 64.8 Å². The molecule has 2 amide bonds. The zero-order valence-electron chi connectivity index (χ0n) is 20.3. The molecule has 1 saturated heterocycles. The first kappa shape index (κ1) is 25.0. The largest absolute Gasteiger partial charge is 0.412 e. The number of rotatable bonds is 8. The van der Waals surface area contributed by atoms with Crippen LogP contribution >= 0.6 is 11.3 Å². The highest BCUT2D eigenvalue weighted by atomic mass is 32.1. The molecule has 1 fully saturated rings. The number of carbonyl (C=O) groups excluding carboxylic acids is 2. The molecule has 8 heteroatoms. The summed E-state index contributed by atoms with van der Waals surface area (Å²) in [7, 11) is -4.04. The van der Waals surface area contributed by atoms with E-state index in [2.05, 4.69) is 39.3 Å². The average Bonchev–Trinajstić information content (AvgIpc) is 3.24. The molecule has 0 N–H and O–H groups in total. The van der Waals surface area contributed by atoms with Gasteiger partial charge in [0.1, 0.15) is 0 Å². The monoisotopic (exact) mass is 489 g/mol. The molecule has 3 atom stereocenters. The summed E-state index contributed by atoms with van der Waals surface area (Å²) in [5, 5.41) is 1.99. The van der Waals surface area contributed by atoms with Gasteiger partial charge < -0.3 is 8.85 Å². The summed E-state index contributed by atoms with van der Waals surface area (Å²) in [4.78, 5) is 30.2. The first-order valence-corrected chi connectivity index (χ1v) is 18.8. The van der Waals surface area contributed by atoms with Gasteiger partial charge in [0, 0.05) is 4.88 Å². The molecule has 32 heavy (non-hydrogen) atoms. The van der Waals surface area contributed by atoms with Crippen molar-refractivity contribution in [2.75, 3.05) is 4.90 Å². The van der Waals surface area contributed by atoms with Crippen LogP contribution in [0.25, 0.3) is 0 Å². The Morgan fingerprint density at radius 2 is 1.53 bits per heavy atom. The Hall–Kier alpha value is -1.59. The summed E-state index contributed by atoms with van der Waals surface area (Å²) in [6.45, 7) is 16.6. The number of imide groups is 1. The van der Waals surface area contributed by atoms with Crippen LogP contribution in [0.15, 0.2) is 47.8 Å². The summed E-state index contributed by atoms with van der Waals surface area (Å²) < 4.78 is 13.2. The quantitative estimate of drug-likeness (QED) is 0.333. The Labute approximate surface area is 198 Å². The minimum Gasteiger partial charge on any atom is -0.412 e. The van der Waals surface area contributed by atoms with Crippen molar-refractivity contribution < 1.29 is 18.4 Å². The van der Waals surface area contributed by atoms with E-state index in [-0.39, 0.29) is 11.8 Å². The van der Waals surface area contributed by atoms with E-state index in [0.29, 0.717) is 5.69 Å². The van der Waals surface area contributed by atoms with E-state index in [4.69, 9.17) is 8.85 Å². The second kappa shape index (κ2) is 8.98. The Morgan fingerprint density at radius 3 is 2.03 bits per heavy atom. The van der Waals surface area contributed by atoms with Crippen molar-refractivity contribution in [3.8, 4) is 0 Å². The molecule has 1 aliphatic rings. The topological polar surface area (TPSA) is 55.8 Å². The number of thiophene rings is 1. The normalized spacial score (nSPS) is 21.3. The molecule has 0 spiro atoms. The molecular weight excluding hydrogens is 455 g/mol. The minimum atomic E-state index is -2.04. The van der Waals surface area contributed by atoms with E-state index in [1.165, 1.54) is 4.90 Å². The van der Waals surface area contributed by atoms with Crippen molar-refractivity contribution in [3.63, 3.8) is 0 Å². The van der Waals surface area contributed by atoms with Gasteiger partial charge >= 0.3 is 0 Å². The van der Waals surface area contributed by atoms with Crippen LogP contribution < -0.4 is 4.90 Å². The van der Waals surface area contributed by atoms with Gasteiger partial charge in [-0.3, -0.25) is 9.59 Å². The lowest BCUT2D eigenvalue weighted by atomic mass is 9.78. The predicted molar refractivity (Wildman–Crippen MR) is 136 cm³/mol. The SMILES string of the molecule is CC(C)(O[Si](C)(C)C)C1C(=O)N(c2ccccc2)C(=O)C1C(O[Si](C)(C)C)c1cccs1. The maximum Gasteiger partial charge on any atom is 0.240 e. The molecule has 1 aromatic heterocycles. The average molecular weight is 490 g/mol. The number of anilines is 1. The lowest BCUT2D eigenvalue weighted by Crippen LogP contribution is -2.49. The third-order valence-corrected chi connectivity index (χ3v) is 8.35. The lowest BCUT2D eigenvalue weighted by molar-refractivity contribution is -0.131. The van der Waals surface area contributed by atoms with Crippen molar-refractivity contribution >= 4 is 45.5 Å². The highest BCUT2D eigenvalue weighted by Gasteiger charge is 2.59. The zero-order chi connectivity index (χ0) is 23.9. The van der Waals surface area contributed by atoms with Gasteiger partial charge in [0.15, 0.2) is 16.6 Å². The van der Waals surface area contributed by atoms with Crippen LogP contribution in [0.3, 0.4) is 0 Å². The van der Waals surface area contributed by atoms with E-state index >= 15 is 0 Å². The highest BCUT2D eigenvalue weighted by Crippen LogP contribution is 2.48. The van der Waals surface area contributed by atoms with Crippen molar-refractivity contribution in [1.82, 2.24) is 0 Å². The highest BCUT2D eigenvalue weighted by molar-refractivity contribution is 7.10. The summed E-state index contributed by atoms with van der Waals surface area (Å²) in [5.41, 5.74) is -0.222.